The fraction of sp³-hybridized carbons (Fsp3) is 0.333. The summed E-state index contributed by atoms with van der Waals surface area (Å²) in [4.78, 5) is 17.1. The standard InChI is InChI=1S/C21H23N3O5S3/c1-14-6-7-18-19(12-14)30-21(22-18)23-20(25)15-8-10-24(11-9-15)32(28,29)17-5-3-4-16(13-17)31(2,26)27/h3-7,12-13,15H,8-11H2,1-2H3,(H,22,23,25). The van der Waals surface area contributed by atoms with Crippen LogP contribution in [0.25, 0.3) is 10.2 Å². The van der Waals surface area contributed by atoms with Crippen LogP contribution in [0.3, 0.4) is 0 Å². The lowest BCUT2D eigenvalue weighted by Crippen LogP contribution is -2.41. The summed E-state index contributed by atoms with van der Waals surface area (Å²) in [6, 6.07) is 11.3. The number of aryl methyl sites for hydroxylation is 1. The number of amides is 1. The van der Waals surface area contributed by atoms with Gasteiger partial charge >= 0.3 is 0 Å². The monoisotopic (exact) mass is 493 g/mol. The maximum Gasteiger partial charge on any atom is 0.243 e. The van der Waals surface area contributed by atoms with E-state index in [-0.39, 0.29) is 34.7 Å². The third kappa shape index (κ3) is 4.70. The highest BCUT2D eigenvalue weighted by Crippen LogP contribution is 2.29. The van der Waals surface area contributed by atoms with E-state index in [1.165, 1.54) is 39.9 Å². The number of hydrogen-bond acceptors (Lipinski definition) is 7. The number of fused-ring (bicyclic) bond motifs is 1. The van der Waals surface area contributed by atoms with Gasteiger partial charge in [0.15, 0.2) is 15.0 Å². The van der Waals surface area contributed by atoms with Crippen LogP contribution in [-0.2, 0) is 24.7 Å². The molecule has 2 heterocycles. The van der Waals surface area contributed by atoms with E-state index in [4.69, 9.17) is 0 Å². The van der Waals surface area contributed by atoms with E-state index in [0.29, 0.717) is 18.0 Å². The van der Waals surface area contributed by atoms with Crippen molar-refractivity contribution in [3.8, 4) is 0 Å². The van der Waals surface area contributed by atoms with Crippen molar-refractivity contribution in [2.45, 2.75) is 29.6 Å². The third-order valence-electron chi connectivity index (χ3n) is 5.47. The first kappa shape index (κ1) is 22.8. The summed E-state index contributed by atoms with van der Waals surface area (Å²) < 4.78 is 51.8. The Kier molecular flexibility index (Phi) is 6.10. The number of anilines is 1. The molecular formula is C21H23N3O5S3. The molecule has 0 saturated carbocycles. The number of carbonyl (C=O) groups excluding carboxylic acids is 1. The van der Waals surface area contributed by atoms with E-state index >= 15 is 0 Å². The van der Waals surface area contributed by atoms with Gasteiger partial charge in [-0.25, -0.2) is 21.8 Å². The molecule has 1 saturated heterocycles. The van der Waals surface area contributed by atoms with E-state index in [1.807, 2.05) is 25.1 Å². The average molecular weight is 494 g/mol. The van der Waals surface area contributed by atoms with Crippen molar-refractivity contribution in [1.82, 2.24) is 9.29 Å². The van der Waals surface area contributed by atoms with E-state index in [1.54, 1.807) is 0 Å². The Morgan fingerprint density at radius 3 is 2.44 bits per heavy atom. The fourth-order valence-corrected chi connectivity index (χ4v) is 6.89. The zero-order valence-electron chi connectivity index (χ0n) is 17.6. The largest absolute Gasteiger partial charge is 0.302 e. The minimum Gasteiger partial charge on any atom is -0.302 e. The van der Waals surface area contributed by atoms with Crippen LogP contribution in [0.5, 0.6) is 0 Å². The Morgan fingerprint density at radius 2 is 1.75 bits per heavy atom. The number of sulfonamides is 1. The van der Waals surface area contributed by atoms with Gasteiger partial charge in [0.05, 0.1) is 20.0 Å². The Bertz CT molecular complexity index is 1390. The van der Waals surface area contributed by atoms with Crippen LogP contribution in [0.1, 0.15) is 18.4 Å². The number of nitrogens with zero attached hydrogens (tertiary/aromatic N) is 2. The normalized spacial score (nSPS) is 16.3. The van der Waals surface area contributed by atoms with Crippen molar-refractivity contribution >= 4 is 52.5 Å². The minimum absolute atomic E-state index is 0.0427. The van der Waals surface area contributed by atoms with Gasteiger partial charge in [-0.2, -0.15) is 4.31 Å². The Morgan fingerprint density at radius 1 is 1.06 bits per heavy atom. The summed E-state index contributed by atoms with van der Waals surface area (Å²) >= 11 is 1.41. The van der Waals surface area contributed by atoms with Gasteiger partial charge in [0, 0.05) is 25.3 Å². The summed E-state index contributed by atoms with van der Waals surface area (Å²) in [7, 11) is -7.37. The Balaban J connectivity index is 1.42. The molecule has 2 aromatic carbocycles. The van der Waals surface area contributed by atoms with Crippen molar-refractivity contribution in [2.24, 2.45) is 5.92 Å². The fourth-order valence-electron chi connectivity index (χ4n) is 3.67. The highest BCUT2D eigenvalue weighted by molar-refractivity contribution is 7.91. The molecule has 32 heavy (non-hydrogen) atoms. The van der Waals surface area contributed by atoms with Gasteiger partial charge in [-0.15, -0.1) is 0 Å². The lowest BCUT2D eigenvalue weighted by atomic mass is 9.97. The number of benzene rings is 2. The van der Waals surface area contributed by atoms with Crippen LogP contribution in [0.4, 0.5) is 5.13 Å². The molecule has 170 valence electrons. The highest BCUT2D eigenvalue weighted by atomic mass is 32.2. The number of sulfone groups is 1. The smallest absolute Gasteiger partial charge is 0.243 e. The van der Waals surface area contributed by atoms with Crippen LogP contribution in [0.15, 0.2) is 52.3 Å². The maximum absolute atomic E-state index is 13.0. The van der Waals surface area contributed by atoms with Gasteiger partial charge in [-0.05, 0) is 55.7 Å². The molecule has 0 spiro atoms. The summed E-state index contributed by atoms with van der Waals surface area (Å²) in [5.41, 5.74) is 1.95. The zero-order valence-corrected chi connectivity index (χ0v) is 20.1. The van der Waals surface area contributed by atoms with Crippen molar-refractivity contribution in [3.63, 3.8) is 0 Å². The van der Waals surface area contributed by atoms with Gasteiger partial charge in [0.1, 0.15) is 0 Å². The second-order valence-electron chi connectivity index (χ2n) is 7.90. The van der Waals surface area contributed by atoms with Crippen LogP contribution in [0.2, 0.25) is 0 Å². The molecule has 8 nitrogen and oxygen atoms in total. The van der Waals surface area contributed by atoms with E-state index < -0.39 is 19.9 Å². The van der Waals surface area contributed by atoms with E-state index in [9.17, 15) is 21.6 Å². The lowest BCUT2D eigenvalue weighted by Gasteiger charge is -2.30. The predicted octanol–water partition coefficient (Wildman–Crippen LogP) is 3.05. The van der Waals surface area contributed by atoms with Crippen molar-refractivity contribution in [2.75, 3.05) is 24.7 Å². The van der Waals surface area contributed by atoms with Crippen LogP contribution in [0, 0.1) is 12.8 Å². The number of rotatable bonds is 5. The van der Waals surface area contributed by atoms with Crippen LogP contribution in [-0.4, -0.2) is 51.4 Å². The number of aromatic nitrogens is 1. The van der Waals surface area contributed by atoms with Crippen molar-refractivity contribution in [1.29, 1.82) is 0 Å². The molecule has 0 bridgehead atoms. The molecule has 1 aliphatic rings. The van der Waals surface area contributed by atoms with E-state index in [0.717, 1.165) is 22.0 Å². The molecule has 0 atom stereocenters. The van der Waals surface area contributed by atoms with Crippen molar-refractivity contribution in [3.05, 3.63) is 48.0 Å². The number of piperidine rings is 1. The van der Waals surface area contributed by atoms with E-state index in [2.05, 4.69) is 10.3 Å². The summed E-state index contributed by atoms with van der Waals surface area (Å²) in [5.74, 6) is -0.491. The SMILES string of the molecule is Cc1ccc2nc(NC(=O)C3CCN(S(=O)(=O)c4cccc(S(C)(=O)=O)c4)CC3)sc2c1. The first-order chi connectivity index (χ1) is 15.0. The van der Waals surface area contributed by atoms with Gasteiger partial charge in [-0.1, -0.05) is 23.5 Å². The minimum atomic E-state index is -3.85. The molecule has 0 unspecified atom stereocenters. The quantitative estimate of drug-likeness (QED) is 0.584. The summed E-state index contributed by atoms with van der Waals surface area (Å²) in [6.07, 6.45) is 1.79. The molecule has 1 aromatic heterocycles. The van der Waals surface area contributed by atoms with Crippen LogP contribution < -0.4 is 5.32 Å². The zero-order chi connectivity index (χ0) is 23.1. The maximum atomic E-state index is 13.0. The first-order valence-electron chi connectivity index (χ1n) is 10.0. The Hall–Kier alpha value is -2.34. The lowest BCUT2D eigenvalue weighted by molar-refractivity contribution is -0.120. The third-order valence-corrected chi connectivity index (χ3v) is 9.41. The van der Waals surface area contributed by atoms with Crippen molar-refractivity contribution < 1.29 is 21.6 Å². The summed E-state index contributed by atoms with van der Waals surface area (Å²) in [6.45, 7) is 2.36. The molecule has 0 radical (unpaired) electrons. The second-order valence-corrected chi connectivity index (χ2v) is 12.9. The first-order valence-corrected chi connectivity index (χ1v) is 14.2. The average Bonchev–Trinajstić information content (AvgIpc) is 3.14. The highest BCUT2D eigenvalue weighted by Gasteiger charge is 2.32. The molecule has 1 N–H and O–H groups in total. The summed E-state index contributed by atoms with van der Waals surface area (Å²) in [5, 5.41) is 3.39. The van der Waals surface area contributed by atoms with Gasteiger partial charge in [0.2, 0.25) is 15.9 Å². The molecular weight excluding hydrogens is 470 g/mol. The number of thiazole rings is 1. The number of nitrogens with one attached hydrogen (secondary N) is 1. The molecule has 1 aliphatic heterocycles. The number of carbonyl (C=O) groups is 1. The van der Waals surface area contributed by atoms with Gasteiger partial charge < -0.3 is 5.32 Å². The molecule has 0 aliphatic carbocycles. The molecule has 1 amide bonds. The van der Waals surface area contributed by atoms with Crippen LogP contribution >= 0.6 is 11.3 Å². The Labute approximate surface area is 191 Å². The molecule has 3 aromatic rings. The number of hydrogen-bond donors (Lipinski definition) is 1. The predicted molar refractivity (Wildman–Crippen MR) is 124 cm³/mol. The van der Waals surface area contributed by atoms with Gasteiger partial charge in [0.25, 0.3) is 0 Å². The van der Waals surface area contributed by atoms with Gasteiger partial charge in [-0.3, -0.25) is 4.79 Å². The second kappa shape index (κ2) is 8.54. The topological polar surface area (TPSA) is 114 Å². The molecule has 1 fully saturated rings. The molecule has 4 rings (SSSR count). The molecule has 11 heteroatoms.